The van der Waals surface area contributed by atoms with E-state index in [1.54, 1.807) is 0 Å². The summed E-state index contributed by atoms with van der Waals surface area (Å²) < 4.78 is 5.70. The molecule has 4 heteroatoms. The van der Waals surface area contributed by atoms with Crippen LogP contribution in [0.4, 0.5) is 0 Å². The maximum atomic E-state index is 10.6. The van der Waals surface area contributed by atoms with Gasteiger partial charge in [-0.2, -0.15) is 0 Å². The lowest BCUT2D eigenvalue weighted by Crippen LogP contribution is -2.55. The van der Waals surface area contributed by atoms with Gasteiger partial charge >= 0.3 is 0 Å². The van der Waals surface area contributed by atoms with E-state index < -0.39 is 5.97 Å². The van der Waals surface area contributed by atoms with Crippen LogP contribution < -0.4 is 15.6 Å². The number of rotatable bonds is 6. The molecule has 2 rings (SSSR count). The highest BCUT2D eigenvalue weighted by Crippen LogP contribution is 2.19. The van der Waals surface area contributed by atoms with E-state index in [0.29, 0.717) is 12.4 Å². The number of ether oxygens (including phenoxy) is 1. The van der Waals surface area contributed by atoms with Crippen molar-refractivity contribution in [2.45, 2.75) is 19.1 Å². The second kappa shape index (κ2) is 6.73. The Kier molecular flexibility index (Phi) is 4.74. The Bertz CT molecular complexity index is 569. The molecule has 4 nitrogen and oxygen atoms in total. The number of quaternary nitrogens is 1. The summed E-state index contributed by atoms with van der Waals surface area (Å²) >= 11 is 0. The number of hydrogen-bond donors (Lipinski definition) is 1. The summed E-state index contributed by atoms with van der Waals surface area (Å²) in [5.74, 6) is -0.390. The molecule has 20 heavy (non-hydrogen) atoms. The van der Waals surface area contributed by atoms with Crippen molar-refractivity contribution in [3.8, 4) is 5.75 Å². The number of benzene rings is 2. The van der Waals surface area contributed by atoms with Gasteiger partial charge < -0.3 is 20.4 Å². The molecular weight excluding hydrogens is 254 g/mol. The molecule has 2 aromatic carbocycles. The predicted molar refractivity (Wildman–Crippen MR) is 72.5 cm³/mol. The Morgan fingerprint density at radius 2 is 1.90 bits per heavy atom. The topological polar surface area (TPSA) is 77.0 Å². The molecule has 0 aromatic heterocycles. The van der Waals surface area contributed by atoms with E-state index in [1.807, 2.05) is 54.6 Å². The monoisotopic (exact) mass is 271 g/mol. The van der Waals surface area contributed by atoms with Gasteiger partial charge in [0.1, 0.15) is 18.4 Å². The fourth-order valence-corrected chi connectivity index (χ4v) is 1.92. The molecule has 0 unspecified atom stereocenters. The Morgan fingerprint density at radius 1 is 1.15 bits per heavy atom. The number of carboxylic acid groups (broad SMARTS) is 1. The average molecular weight is 271 g/mol. The first-order valence-electron chi connectivity index (χ1n) is 6.45. The molecule has 2 aromatic rings. The molecule has 0 amide bonds. The second-order valence-electron chi connectivity index (χ2n) is 4.62. The van der Waals surface area contributed by atoms with Crippen molar-refractivity contribution < 1.29 is 20.4 Å². The highest BCUT2D eigenvalue weighted by Gasteiger charge is 2.10. The molecule has 0 radical (unpaired) electrons. The van der Waals surface area contributed by atoms with E-state index >= 15 is 0 Å². The molecule has 0 aliphatic heterocycles. The Balaban J connectivity index is 2.01. The third-order valence-electron chi connectivity index (χ3n) is 2.99. The summed E-state index contributed by atoms with van der Waals surface area (Å²) in [5, 5.41) is 10.6. The normalized spacial score (nSPS) is 11.8. The molecule has 104 valence electrons. The standard InChI is InChI=1S/C16H17NO3/c17-15(10-16(18)19)13-7-4-8-14(9-13)20-11-12-5-2-1-3-6-12/h1-9,15H,10-11,17H2,(H,18,19)/t15-/m1/s1. The SMILES string of the molecule is [NH3+][C@H](CC(=O)[O-])c1cccc(OCc2ccccc2)c1. The molecule has 0 aliphatic rings. The van der Waals surface area contributed by atoms with Crippen LogP contribution in [0.1, 0.15) is 23.6 Å². The maximum absolute atomic E-state index is 10.6. The number of hydrogen-bond acceptors (Lipinski definition) is 3. The first-order valence-corrected chi connectivity index (χ1v) is 6.45. The fraction of sp³-hybridized carbons (Fsp3) is 0.188. The summed E-state index contributed by atoms with van der Waals surface area (Å²) in [4.78, 5) is 10.6. The third-order valence-corrected chi connectivity index (χ3v) is 2.99. The first kappa shape index (κ1) is 14.1. The van der Waals surface area contributed by atoms with Crippen LogP contribution in [0.5, 0.6) is 5.75 Å². The van der Waals surface area contributed by atoms with E-state index in [-0.39, 0.29) is 12.5 Å². The van der Waals surface area contributed by atoms with E-state index in [2.05, 4.69) is 5.73 Å². The maximum Gasteiger partial charge on any atom is 0.120 e. The molecule has 0 bridgehead atoms. The fourth-order valence-electron chi connectivity index (χ4n) is 1.92. The van der Waals surface area contributed by atoms with Crippen molar-refractivity contribution in [1.82, 2.24) is 0 Å². The van der Waals surface area contributed by atoms with E-state index in [4.69, 9.17) is 4.74 Å². The van der Waals surface area contributed by atoms with Crippen molar-refractivity contribution in [2.75, 3.05) is 0 Å². The van der Waals surface area contributed by atoms with Crippen molar-refractivity contribution in [3.05, 3.63) is 65.7 Å². The van der Waals surface area contributed by atoms with Crippen LogP contribution in [0.3, 0.4) is 0 Å². The molecular formula is C16H17NO3. The van der Waals surface area contributed by atoms with Gasteiger partial charge in [-0.1, -0.05) is 42.5 Å². The smallest absolute Gasteiger partial charge is 0.120 e. The van der Waals surface area contributed by atoms with Crippen LogP contribution >= 0.6 is 0 Å². The van der Waals surface area contributed by atoms with Gasteiger partial charge in [-0.15, -0.1) is 0 Å². The van der Waals surface area contributed by atoms with E-state index in [9.17, 15) is 9.90 Å². The minimum absolute atomic E-state index is 0.0951. The van der Waals surface area contributed by atoms with Gasteiger partial charge in [-0.3, -0.25) is 0 Å². The first-order chi connectivity index (χ1) is 9.65. The predicted octanol–water partition coefficient (Wildman–Crippen LogP) is 0.689. The Morgan fingerprint density at radius 3 is 2.60 bits per heavy atom. The lowest BCUT2D eigenvalue weighted by atomic mass is 10.0. The zero-order valence-electron chi connectivity index (χ0n) is 11.1. The highest BCUT2D eigenvalue weighted by atomic mass is 16.5. The highest BCUT2D eigenvalue weighted by molar-refractivity contribution is 5.65. The van der Waals surface area contributed by atoms with Crippen molar-refractivity contribution >= 4 is 5.97 Å². The van der Waals surface area contributed by atoms with Crippen LogP contribution in [0, 0.1) is 0 Å². The average Bonchev–Trinajstić information content (AvgIpc) is 2.46. The van der Waals surface area contributed by atoms with E-state index in [1.165, 1.54) is 0 Å². The van der Waals surface area contributed by atoms with Gasteiger partial charge in [0.2, 0.25) is 0 Å². The zero-order chi connectivity index (χ0) is 14.4. The van der Waals surface area contributed by atoms with Crippen molar-refractivity contribution in [3.63, 3.8) is 0 Å². The molecule has 0 spiro atoms. The third kappa shape index (κ3) is 4.10. The van der Waals surface area contributed by atoms with Crippen LogP contribution in [-0.4, -0.2) is 5.97 Å². The molecule has 3 N–H and O–H groups in total. The Hall–Kier alpha value is -2.33. The van der Waals surface area contributed by atoms with Gasteiger partial charge in [0.25, 0.3) is 0 Å². The van der Waals surface area contributed by atoms with Crippen LogP contribution in [0.25, 0.3) is 0 Å². The van der Waals surface area contributed by atoms with Gasteiger partial charge in [0.15, 0.2) is 0 Å². The summed E-state index contributed by atoms with van der Waals surface area (Å²) in [5.41, 5.74) is 5.75. The van der Waals surface area contributed by atoms with Gasteiger partial charge in [-0.25, -0.2) is 0 Å². The van der Waals surface area contributed by atoms with Gasteiger partial charge in [-0.05, 0) is 17.7 Å². The molecule has 0 saturated carbocycles. The Labute approximate surface area is 117 Å². The van der Waals surface area contributed by atoms with E-state index in [0.717, 1.165) is 11.1 Å². The minimum Gasteiger partial charge on any atom is -0.550 e. The van der Waals surface area contributed by atoms with Crippen molar-refractivity contribution in [1.29, 1.82) is 0 Å². The van der Waals surface area contributed by atoms with Gasteiger partial charge in [0, 0.05) is 18.0 Å². The lowest BCUT2D eigenvalue weighted by molar-refractivity contribution is -0.430. The molecule has 0 aliphatic carbocycles. The largest absolute Gasteiger partial charge is 0.550 e. The number of aliphatic carboxylic acids is 1. The number of carbonyl (C=O) groups excluding carboxylic acids is 1. The zero-order valence-corrected chi connectivity index (χ0v) is 11.1. The van der Waals surface area contributed by atoms with Crippen molar-refractivity contribution in [2.24, 2.45) is 0 Å². The minimum atomic E-state index is -1.10. The summed E-state index contributed by atoms with van der Waals surface area (Å²) in [6.45, 7) is 0.479. The van der Waals surface area contributed by atoms with Gasteiger partial charge in [0.05, 0.1) is 0 Å². The molecule has 0 saturated heterocycles. The summed E-state index contributed by atoms with van der Waals surface area (Å²) in [6.07, 6.45) is -0.0951. The molecule has 1 atom stereocenters. The number of carbonyl (C=O) groups is 1. The van der Waals surface area contributed by atoms with Crippen LogP contribution in [0.2, 0.25) is 0 Å². The van der Waals surface area contributed by atoms with Crippen LogP contribution in [0.15, 0.2) is 54.6 Å². The summed E-state index contributed by atoms with van der Waals surface area (Å²) in [6, 6.07) is 16.9. The second-order valence-corrected chi connectivity index (χ2v) is 4.62. The lowest BCUT2D eigenvalue weighted by Gasteiger charge is -2.12. The van der Waals surface area contributed by atoms with Crippen LogP contribution in [-0.2, 0) is 11.4 Å². The summed E-state index contributed by atoms with van der Waals surface area (Å²) in [7, 11) is 0. The molecule has 0 fully saturated rings. The molecule has 0 heterocycles. The number of carboxylic acids is 1. The quantitative estimate of drug-likeness (QED) is 0.839.